The molecule has 2 rings (SSSR count). The van der Waals surface area contributed by atoms with E-state index >= 15 is 0 Å². The minimum atomic E-state index is 0.126. The van der Waals surface area contributed by atoms with Crippen LogP contribution in [-0.2, 0) is 0 Å². The van der Waals surface area contributed by atoms with Gasteiger partial charge in [-0.25, -0.2) is 0 Å². The summed E-state index contributed by atoms with van der Waals surface area (Å²) in [6, 6.07) is 6.36. The Kier molecular flexibility index (Phi) is 3.05. The molecule has 0 spiro atoms. The Morgan fingerprint density at radius 3 is 2.75 bits per heavy atom. The Labute approximate surface area is 103 Å². The number of anilines is 1. The molecule has 16 heavy (non-hydrogen) atoms. The van der Waals surface area contributed by atoms with E-state index in [1.54, 1.807) is 0 Å². The van der Waals surface area contributed by atoms with E-state index in [2.05, 4.69) is 33.0 Å². The maximum atomic E-state index is 8.59. The van der Waals surface area contributed by atoms with Crippen LogP contribution >= 0.6 is 15.9 Å². The molecule has 1 aromatic carbocycles. The molecule has 1 aliphatic rings. The van der Waals surface area contributed by atoms with Gasteiger partial charge in [-0.3, -0.25) is 0 Å². The zero-order valence-electron chi connectivity index (χ0n) is 9.02. The minimum Gasteiger partial charge on any atom is -0.409 e. The molecule has 1 aliphatic carbocycles. The average Bonchev–Trinajstić information content (AvgIpc) is 3.10. The molecule has 3 N–H and O–H groups in total. The van der Waals surface area contributed by atoms with E-state index in [1.807, 2.05) is 18.2 Å². The smallest absolute Gasteiger partial charge is 0.170 e. The number of hydrogen-bond acceptors (Lipinski definition) is 3. The molecule has 0 saturated heterocycles. The zero-order valence-corrected chi connectivity index (χ0v) is 10.6. The highest BCUT2D eigenvalue weighted by Gasteiger charge is 2.27. The first-order valence-electron chi connectivity index (χ1n) is 5.13. The topological polar surface area (TPSA) is 61.8 Å². The van der Waals surface area contributed by atoms with Crippen molar-refractivity contribution in [1.82, 2.24) is 0 Å². The molecule has 4 nitrogen and oxygen atoms in total. The van der Waals surface area contributed by atoms with Gasteiger partial charge >= 0.3 is 0 Å². The normalized spacial score (nSPS) is 16.2. The van der Waals surface area contributed by atoms with Crippen molar-refractivity contribution in [2.45, 2.75) is 18.9 Å². The van der Waals surface area contributed by atoms with Gasteiger partial charge in [-0.15, -0.1) is 0 Å². The van der Waals surface area contributed by atoms with E-state index in [0.29, 0.717) is 11.6 Å². The molecule has 0 atom stereocenters. The number of amidine groups is 1. The maximum absolute atomic E-state index is 8.59. The van der Waals surface area contributed by atoms with Crippen molar-refractivity contribution in [3.05, 3.63) is 28.2 Å². The lowest BCUT2D eigenvalue weighted by Crippen LogP contribution is -2.20. The highest BCUT2D eigenvalue weighted by atomic mass is 79.9. The first-order chi connectivity index (χ1) is 7.63. The Bertz CT molecular complexity index is 429. The number of oxime groups is 1. The molecular formula is C11H14BrN3O. The molecule has 0 aliphatic heterocycles. The van der Waals surface area contributed by atoms with Gasteiger partial charge in [-0.05, 0) is 47.0 Å². The predicted molar refractivity (Wildman–Crippen MR) is 68.1 cm³/mol. The third-order valence-electron chi connectivity index (χ3n) is 2.83. The average molecular weight is 284 g/mol. The number of hydrogen-bond donors (Lipinski definition) is 2. The van der Waals surface area contributed by atoms with E-state index in [-0.39, 0.29) is 5.84 Å². The Morgan fingerprint density at radius 2 is 2.25 bits per heavy atom. The van der Waals surface area contributed by atoms with Gasteiger partial charge in [-0.1, -0.05) is 5.16 Å². The lowest BCUT2D eigenvalue weighted by molar-refractivity contribution is 0.318. The third-order valence-corrected chi connectivity index (χ3v) is 3.46. The number of benzene rings is 1. The Hall–Kier alpha value is -1.23. The van der Waals surface area contributed by atoms with Crippen LogP contribution in [0.2, 0.25) is 0 Å². The number of nitrogens with zero attached hydrogens (tertiary/aromatic N) is 2. The SMILES string of the molecule is CN(c1ccc(/C(N)=N/O)cc1Br)C1CC1. The summed E-state index contributed by atoms with van der Waals surface area (Å²) in [5, 5.41) is 11.6. The first-order valence-corrected chi connectivity index (χ1v) is 5.93. The second kappa shape index (κ2) is 4.33. The van der Waals surface area contributed by atoms with E-state index < -0.39 is 0 Å². The van der Waals surface area contributed by atoms with Crippen molar-refractivity contribution in [3.8, 4) is 0 Å². The Balaban J connectivity index is 2.28. The molecule has 0 unspecified atom stereocenters. The van der Waals surface area contributed by atoms with Crippen LogP contribution in [0.5, 0.6) is 0 Å². The molecule has 0 aromatic heterocycles. The maximum Gasteiger partial charge on any atom is 0.170 e. The molecule has 5 heteroatoms. The molecule has 0 amide bonds. The highest BCUT2D eigenvalue weighted by Crippen LogP contribution is 2.34. The summed E-state index contributed by atoms with van der Waals surface area (Å²) >= 11 is 3.51. The summed E-state index contributed by atoms with van der Waals surface area (Å²) in [5.41, 5.74) is 7.37. The monoisotopic (exact) mass is 283 g/mol. The fourth-order valence-corrected chi connectivity index (χ4v) is 2.33. The van der Waals surface area contributed by atoms with Gasteiger partial charge in [0.1, 0.15) is 0 Å². The second-order valence-electron chi connectivity index (χ2n) is 3.99. The largest absolute Gasteiger partial charge is 0.409 e. The van der Waals surface area contributed by atoms with E-state index in [1.165, 1.54) is 12.8 Å². The highest BCUT2D eigenvalue weighted by molar-refractivity contribution is 9.10. The fourth-order valence-electron chi connectivity index (χ4n) is 1.67. The van der Waals surface area contributed by atoms with Gasteiger partial charge in [-0.2, -0.15) is 0 Å². The van der Waals surface area contributed by atoms with Gasteiger partial charge in [0, 0.05) is 23.1 Å². The third kappa shape index (κ3) is 2.14. The van der Waals surface area contributed by atoms with E-state index in [9.17, 15) is 0 Å². The summed E-state index contributed by atoms with van der Waals surface area (Å²) in [4.78, 5) is 2.25. The molecule has 0 heterocycles. The van der Waals surface area contributed by atoms with Crippen LogP contribution in [0.4, 0.5) is 5.69 Å². The van der Waals surface area contributed by atoms with Crippen LogP contribution in [0.3, 0.4) is 0 Å². The summed E-state index contributed by atoms with van der Waals surface area (Å²) in [5.74, 6) is 0.126. The van der Waals surface area contributed by atoms with E-state index in [0.717, 1.165) is 10.2 Å². The van der Waals surface area contributed by atoms with Crippen LogP contribution < -0.4 is 10.6 Å². The van der Waals surface area contributed by atoms with Crippen LogP contribution in [0.1, 0.15) is 18.4 Å². The number of nitrogens with two attached hydrogens (primary N) is 1. The van der Waals surface area contributed by atoms with Gasteiger partial charge < -0.3 is 15.8 Å². The fraction of sp³-hybridized carbons (Fsp3) is 0.364. The number of halogens is 1. The standard InChI is InChI=1S/C11H14BrN3O/c1-15(8-3-4-8)10-5-2-7(6-9(10)12)11(13)14-16/h2,5-6,8,16H,3-4H2,1H3,(H2,13,14). The van der Waals surface area contributed by atoms with E-state index in [4.69, 9.17) is 10.9 Å². The van der Waals surface area contributed by atoms with Gasteiger partial charge in [0.2, 0.25) is 0 Å². The molecule has 1 fully saturated rings. The molecule has 1 saturated carbocycles. The Morgan fingerprint density at radius 1 is 1.56 bits per heavy atom. The van der Waals surface area contributed by atoms with Gasteiger partial charge in [0.25, 0.3) is 0 Å². The van der Waals surface area contributed by atoms with Gasteiger partial charge in [0.05, 0.1) is 5.69 Å². The summed E-state index contributed by atoms with van der Waals surface area (Å²) in [7, 11) is 2.08. The van der Waals surface area contributed by atoms with Crippen molar-refractivity contribution in [3.63, 3.8) is 0 Å². The predicted octanol–water partition coefficient (Wildman–Crippen LogP) is 2.14. The van der Waals surface area contributed by atoms with Crippen molar-refractivity contribution < 1.29 is 5.21 Å². The van der Waals surface area contributed by atoms with Crippen molar-refractivity contribution in [2.75, 3.05) is 11.9 Å². The molecular weight excluding hydrogens is 270 g/mol. The molecule has 1 aromatic rings. The minimum absolute atomic E-state index is 0.126. The van der Waals surface area contributed by atoms with Gasteiger partial charge in [0.15, 0.2) is 5.84 Å². The zero-order chi connectivity index (χ0) is 11.7. The number of rotatable bonds is 3. The van der Waals surface area contributed by atoms with Crippen molar-refractivity contribution in [2.24, 2.45) is 10.9 Å². The van der Waals surface area contributed by atoms with Crippen LogP contribution in [0.25, 0.3) is 0 Å². The summed E-state index contributed by atoms with van der Waals surface area (Å²) in [6.45, 7) is 0. The summed E-state index contributed by atoms with van der Waals surface area (Å²) in [6.07, 6.45) is 2.51. The molecule has 86 valence electrons. The van der Waals surface area contributed by atoms with Crippen LogP contribution in [0.15, 0.2) is 27.8 Å². The lowest BCUT2D eigenvalue weighted by atomic mass is 10.2. The van der Waals surface area contributed by atoms with Crippen LogP contribution in [0, 0.1) is 0 Å². The quantitative estimate of drug-likeness (QED) is 0.387. The molecule has 0 radical (unpaired) electrons. The molecule has 0 bridgehead atoms. The van der Waals surface area contributed by atoms with Crippen molar-refractivity contribution in [1.29, 1.82) is 0 Å². The summed E-state index contributed by atoms with van der Waals surface area (Å²) < 4.78 is 0.964. The lowest BCUT2D eigenvalue weighted by Gasteiger charge is -2.20. The van der Waals surface area contributed by atoms with Crippen LogP contribution in [-0.4, -0.2) is 24.1 Å². The van der Waals surface area contributed by atoms with Crippen molar-refractivity contribution >= 4 is 27.5 Å². The first kappa shape index (κ1) is 11.3. The second-order valence-corrected chi connectivity index (χ2v) is 4.85.